The zero-order valence-corrected chi connectivity index (χ0v) is 12.6. The molecule has 0 atom stereocenters. The fourth-order valence-electron chi connectivity index (χ4n) is 2.19. The van der Waals surface area contributed by atoms with Crippen LogP contribution in [0.15, 0.2) is 47.1 Å². The molecular weight excluding hydrogens is 248 g/mol. The second-order valence-corrected chi connectivity index (χ2v) is 5.25. The van der Waals surface area contributed by atoms with E-state index in [1.165, 1.54) is 11.3 Å². The monoisotopic (exact) mass is 272 g/mol. The summed E-state index contributed by atoms with van der Waals surface area (Å²) in [6, 6.07) is 13.0. The number of hydrogen-bond acceptors (Lipinski definition) is 3. The van der Waals surface area contributed by atoms with E-state index < -0.39 is 0 Å². The normalized spacial score (nSPS) is 11.0. The molecule has 1 heterocycles. The maximum absolute atomic E-state index is 5.61. The summed E-state index contributed by atoms with van der Waals surface area (Å²) in [4.78, 5) is 2.35. The zero-order valence-electron chi connectivity index (χ0n) is 12.6. The van der Waals surface area contributed by atoms with E-state index in [2.05, 4.69) is 61.3 Å². The molecule has 0 saturated carbocycles. The van der Waals surface area contributed by atoms with Crippen LogP contribution >= 0.6 is 0 Å². The number of hydrogen-bond donors (Lipinski definition) is 1. The lowest BCUT2D eigenvalue weighted by Gasteiger charge is -2.23. The van der Waals surface area contributed by atoms with Crippen molar-refractivity contribution in [3.8, 4) is 0 Å². The molecule has 0 radical (unpaired) electrons. The summed E-state index contributed by atoms with van der Waals surface area (Å²) in [5.74, 6) is 1.04. The van der Waals surface area contributed by atoms with Crippen molar-refractivity contribution in [1.82, 2.24) is 5.32 Å². The molecule has 0 spiro atoms. The molecule has 0 unspecified atom stereocenters. The summed E-state index contributed by atoms with van der Waals surface area (Å²) < 4.78 is 5.61. The number of benzene rings is 1. The fraction of sp³-hybridized carbons (Fsp3) is 0.412. The molecule has 0 aliphatic rings. The Morgan fingerprint density at radius 3 is 2.55 bits per heavy atom. The molecule has 1 N–H and O–H groups in total. The highest BCUT2D eigenvalue weighted by Crippen LogP contribution is 2.19. The van der Waals surface area contributed by atoms with Gasteiger partial charge < -0.3 is 14.6 Å². The van der Waals surface area contributed by atoms with Gasteiger partial charge in [0, 0.05) is 30.4 Å². The Kier molecular flexibility index (Phi) is 5.24. The Bertz CT molecular complexity index is 505. The average Bonchev–Trinajstić information content (AvgIpc) is 2.90. The molecule has 0 saturated heterocycles. The Hall–Kier alpha value is -1.74. The van der Waals surface area contributed by atoms with Gasteiger partial charge in [-0.05, 0) is 25.1 Å². The first-order valence-electron chi connectivity index (χ1n) is 7.29. The van der Waals surface area contributed by atoms with Crippen LogP contribution in [0.3, 0.4) is 0 Å². The van der Waals surface area contributed by atoms with Crippen LogP contribution in [0.1, 0.15) is 32.1 Å². The van der Waals surface area contributed by atoms with Gasteiger partial charge in [-0.2, -0.15) is 0 Å². The van der Waals surface area contributed by atoms with Crippen molar-refractivity contribution in [2.45, 2.75) is 39.9 Å². The molecule has 20 heavy (non-hydrogen) atoms. The van der Waals surface area contributed by atoms with Gasteiger partial charge in [0.2, 0.25) is 0 Å². The van der Waals surface area contributed by atoms with Crippen LogP contribution < -0.4 is 10.2 Å². The Labute approximate surface area is 121 Å². The molecule has 3 heteroatoms. The average molecular weight is 272 g/mol. The van der Waals surface area contributed by atoms with E-state index in [1.54, 1.807) is 6.26 Å². The van der Waals surface area contributed by atoms with Crippen molar-refractivity contribution in [1.29, 1.82) is 0 Å². The van der Waals surface area contributed by atoms with Crippen LogP contribution in [0.2, 0.25) is 0 Å². The molecule has 2 aromatic rings. The number of rotatable bonds is 7. The third-order valence-electron chi connectivity index (χ3n) is 3.37. The van der Waals surface area contributed by atoms with Crippen LogP contribution in [0.4, 0.5) is 5.69 Å². The lowest BCUT2D eigenvalue weighted by atomic mass is 10.2. The second-order valence-electron chi connectivity index (χ2n) is 5.25. The molecule has 0 fully saturated rings. The van der Waals surface area contributed by atoms with E-state index >= 15 is 0 Å². The number of anilines is 1. The van der Waals surface area contributed by atoms with Crippen LogP contribution in [-0.4, -0.2) is 12.6 Å². The van der Waals surface area contributed by atoms with E-state index in [9.17, 15) is 0 Å². The summed E-state index contributed by atoms with van der Waals surface area (Å²) in [6.45, 7) is 9.11. The minimum Gasteiger partial charge on any atom is -0.468 e. The standard InChI is InChI=1S/C17H24N2O/c1-4-19(16-8-6-5-7-9-16)13-15-10-11-20-17(15)12-18-14(2)3/h5-11,14,18H,4,12-13H2,1-3H3. The largest absolute Gasteiger partial charge is 0.468 e. The van der Waals surface area contributed by atoms with Crippen molar-refractivity contribution in [3.05, 3.63) is 54.0 Å². The van der Waals surface area contributed by atoms with Crippen LogP contribution in [-0.2, 0) is 13.1 Å². The molecule has 1 aromatic carbocycles. The van der Waals surface area contributed by atoms with Crippen LogP contribution in [0, 0.1) is 0 Å². The van der Waals surface area contributed by atoms with E-state index in [0.717, 1.165) is 25.4 Å². The Balaban J connectivity index is 2.07. The Morgan fingerprint density at radius 1 is 1.15 bits per heavy atom. The molecule has 0 aliphatic heterocycles. The quantitative estimate of drug-likeness (QED) is 0.831. The SMILES string of the molecule is CCN(Cc1ccoc1CNC(C)C)c1ccccc1. The van der Waals surface area contributed by atoms with Crippen molar-refractivity contribution in [2.75, 3.05) is 11.4 Å². The highest BCUT2D eigenvalue weighted by Gasteiger charge is 2.11. The summed E-state index contributed by atoms with van der Waals surface area (Å²) >= 11 is 0. The van der Waals surface area contributed by atoms with E-state index in [0.29, 0.717) is 6.04 Å². The smallest absolute Gasteiger partial charge is 0.122 e. The maximum atomic E-state index is 5.61. The lowest BCUT2D eigenvalue weighted by molar-refractivity contribution is 0.460. The first-order valence-corrected chi connectivity index (χ1v) is 7.29. The zero-order chi connectivity index (χ0) is 14.4. The number of nitrogens with zero attached hydrogens (tertiary/aromatic N) is 1. The summed E-state index contributed by atoms with van der Waals surface area (Å²) in [5, 5.41) is 3.41. The van der Waals surface area contributed by atoms with Gasteiger partial charge in [-0.25, -0.2) is 0 Å². The first-order chi connectivity index (χ1) is 9.70. The van der Waals surface area contributed by atoms with Gasteiger partial charge in [0.15, 0.2) is 0 Å². The molecule has 0 aliphatic carbocycles. The molecule has 1 aromatic heterocycles. The topological polar surface area (TPSA) is 28.4 Å². The van der Waals surface area contributed by atoms with Crippen molar-refractivity contribution in [3.63, 3.8) is 0 Å². The van der Waals surface area contributed by atoms with Crippen molar-refractivity contribution >= 4 is 5.69 Å². The molecule has 0 bridgehead atoms. The lowest BCUT2D eigenvalue weighted by Crippen LogP contribution is -2.25. The third-order valence-corrected chi connectivity index (χ3v) is 3.37. The van der Waals surface area contributed by atoms with E-state index in [4.69, 9.17) is 4.42 Å². The summed E-state index contributed by atoms with van der Waals surface area (Å²) in [7, 11) is 0. The van der Waals surface area contributed by atoms with Crippen LogP contribution in [0.25, 0.3) is 0 Å². The predicted molar refractivity (Wildman–Crippen MR) is 83.8 cm³/mol. The molecule has 2 rings (SSSR count). The maximum Gasteiger partial charge on any atom is 0.122 e. The molecular formula is C17H24N2O. The third kappa shape index (κ3) is 3.87. The van der Waals surface area contributed by atoms with Crippen molar-refractivity contribution < 1.29 is 4.42 Å². The molecule has 108 valence electrons. The van der Waals surface area contributed by atoms with Gasteiger partial charge in [0.05, 0.1) is 12.8 Å². The summed E-state index contributed by atoms with van der Waals surface area (Å²) in [6.07, 6.45) is 1.78. The minimum atomic E-state index is 0.462. The highest BCUT2D eigenvalue weighted by molar-refractivity contribution is 5.46. The first kappa shape index (κ1) is 14.7. The number of para-hydroxylation sites is 1. The predicted octanol–water partition coefficient (Wildman–Crippen LogP) is 3.80. The van der Waals surface area contributed by atoms with Crippen LogP contribution in [0.5, 0.6) is 0 Å². The number of furan rings is 1. The second kappa shape index (κ2) is 7.15. The van der Waals surface area contributed by atoms with Gasteiger partial charge in [-0.1, -0.05) is 32.0 Å². The fourth-order valence-corrected chi connectivity index (χ4v) is 2.19. The van der Waals surface area contributed by atoms with Gasteiger partial charge in [-0.15, -0.1) is 0 Å². The number of nitrogens with one attached hydrogen (secondary N) is 1. The Morgan fingerprint density at radius 2 is 1.90 bits per heavy atom. The highest BCUT2D eigenvalue weighted by atomic mass is 16.3. The van der Waals surface area contributed by atoms with E-state index in [1.807, 2.05) is 6.07 Å². The van der Waals surface area contributed by atoms with Gasteiger partial charge >= 0.3 is 0 Å². The van der Waals surface area contributed by atoms with Crippen molar-refractivity contribution in [2.24, 2.45) is 0 Å². The molecule has 3 nitrogen and oxygen atoms in total. The van der Waals surface area contributed by atoms with Gasteiger partial charge in [-0.3, -0.25) is 0 Å². The molecule has 0 amide bonds. The van der Waals surface area contributed by atoms with Gasteiger partial charge in [0.25, 0.3) is 0 Å². The van der Waals surface area contributed by atoms with Gasteiger partial charge in [0.1, 0.15) is 5.76 Å². The van der Waals surface area contributed by atoms with E-state index in [-0.39, 0.29) is 0 Å². The summed E-state index contributed by atoms with van der Waals surface area (Å²) in [5.41, 5.74) is 2.50. The minimum absolute atomic E-state index is 0.462.